The molecule has 0 N–H and O–H groups in total. The van der Waals surface area contributed by atoms with Gasteiger partial charge in [-0.3, -0.25) is 9.69 Å². The summed E-state index contributed by atoms with van der Waals surface area (Å²) in [6.45, 7) is 7.12. The van der Waals surface area contributed by atoms with Crippen LogP contribution in [0.3, 0.4) is 0 Å². The Morgan fingerprint density at radius 1 is 1.07 bits per heavy atom. The number of likely N-dealkylation sites (N-methyl/N-ethyl adjacent to an activating group) is 1. The maximum Gasteiger partial charge on any atom is 0.327 e. The predicted octanol–water partition coefficient (Wildman–Crippen LogP) is 4.01. The molecule has 0 radical (unpaired) electrons. The average Bonchev–Trinajstić information content (AvgIpc) is 3.27. The zero-order valence-electron chi connectivity index (χ0n) is 18.1. The van der Waals surface area contributed by atoms with Crippen LogP contribution < -0.4 is 0 Å². The van der Waals surface area contributed by atoms with Crippen LogP contribution in [0, 0.1) is 6.92 Å². The number of benzene rings is 1. The van der Waals surface area contributed by atoms with Crippen molar-refractivity contribution in [3.63, 3.8) is 0 Å². The number of hydrogen-bond donors (Lipinski definition) is 0. The molecule has 160 valence electrons. The number of carbonyl (C=O) groups is 2. The molecule has 1 aromatic carbocycles. The smallest absolute Gasteiger partial charge is 0.327 e. The van der Waals surface area contributed by atoms with Crippen molar-refractivity contribution in [2.45, 2.75) is 51.1 Å². The van der Waals surface area contributed by atoms with E-state index in [-0.39, 0.29) is 11.9 Å². The number of furan rings is 1. The van der Waals surface area contributed by atoms with Crippen molar-refractivity contribution in [3.8, 4) is 0 Å². The maximum absolute atomic E-state index is 13.3. The Bertz CT molecular complexity index is 899. The molecular weight excluding hydrogens is 378 g/mol. The first-order chi connectivity index (χ1) is 14.4. The molecule has 3 heterocycles. The van der Waals surface area contributed by atoms with Gasteiger partial charge in [0, 0.05) is 26.1 Å². The van der Waals surface area contributed by atoms with Gasteiger partial charge in [-0.2, -0.15) is 0 Å². The van der Waals surface area contributed by atoms with Crippen LogP contribution in [0.15, 0.2) is 46.9 Å². The van der Waals surface area contributed by atoms with Crippen LogP contribution in [-0.4, -0.2) is 58.9 Å². The number of imide groups is 1. The van der Waals surface area contributed by atoms with Gasteiger partial charge < -0.3 is 14.2 Å². The number of rotatable bonds is 6. The van der Waals surface area contributed by atoms with Gasteiger partial charge in [0.25, 0.3) is 5.91 Å². The summed E-state index contributed by atoms with van der Waals surface area (Å²) in [6.07, 6.45) is 2.39. The monoisotopic (exact) mass is 409 g/mol. The van der Waals surface area contributed by atoms with Gasteiger partial charge in [0.05, 0.1) is 6.54 Å². The second-order valence-corrected chi connectivity index (χ2v) is 8.73. The van der Waals surface area contributed by atoms with Gasteiger partial charge >= 0.3 is 6.03 Å². The minimum atomic E-state index is -0.688. The molecule has 6 heteroatoms. The Balaban J connectivity index is 1.35. The summed E-state index contributed by atoms with van der Waals surface area (Å²) >= 11 is 0. The van der Waals surface area contributed by atoms with Crippen LogP contribution in [0.1, 0.15) is 49.2 Å². The molecule has 0 aliphatic carbocycles. The normalized spacial score (nSPS) is 20.4. The molecule has 2 aliphatic rings. The van der Waals surface area contributed by atoms with Crippen molar-refractivity contribution in [2.75, 3.05) is 26.7 Å². The first-order valence-corrected chi connectivity index (χ1v) is 10.8. The van der Waals surface area contributed by atoms with E-state index >= 15 is 0 Å². The van der Waals surface area contributed by atoms with E-state index in [9.17, 15) is 9.59 Å². The van der Waals surface area contributed by atoms with Gasteiger partial charge in [-0.15, -0.1) is 0 Å². The number of piperidine rings is 1. The quantitative estimate of drug-likeness (QED) is 0.677. The highest BCUT2D eigenvalue weighted by Crippen LogP contribution is 2.37. The lowest BCUT2D eigenvalue weighted by atomic mass is 9.86. The Hall–Kier alpha value is -2.60. The lowest BCUT2D eigenvalue weighted by Crippen LogP contribution is -2.55. The van der Waals surface area contributed by atoms with Gasteiger partial charge in [0.1, 0.15) is 17.1 Å². The lowest BCUT2D eigenvalue weighted by molar-refractivity contribution is -0.135. The molecule has 30 heavy (non-hydrogen) atoms. The summed E-state index contributed by atoms with van der Waals surface area (Å²) in [4.78, 5) is 31.7. The summed E-state index contributed by atoms with van der Waals surface area (Å²) < 4.78 is 5.75. The number of aryl methyl sites for hydroxylation is 1. The molecule has 4 rings (SSSR count). The van der Waals surface area contributed by atoms with E-state index in [2.05, 4.69) is 17.9 Å². The van der Waals surface area contributed by atoms with E-state index in [4.69, 9.17) is 4.42 Å². The third-order valence-electron chi connectivity index (χ3n) is 6.80. The van der Waals surface area contributed by atoms with E-state index < -0.39 is 5.54 Å². The first kappa shape index (κ1) is 20.7. The topological polar surface area (TPSA) is 57.0 Å². The van der Waals surface area contributed by atoms with Gasteiger partial charge in [0.2, 0.25) is 0 Å². The zero-order valence-corrected chi connectivity index (χ0v) is 18.1. The minimum Gasteiger partial charge on any atom is -0.466 e. The number of hydrogen-bond acceptors (Lipinski definition) is 4. The van der Waals surface area contributed by atoms with Crippen molar-refractivity contribution in [1.29, 1.82) is 0 Å². The highest BCUT2D eigenvalue weighted by atomic mass is 16.3. The average molecular weight is 410 g/mol. The largest absolute Gasteiger partial charge is 0.466 e. The van der Waals surface area contributed by atoms with Crippen molar-refractivity contribution in [1.82, 2.24) is 14.7 Å². The fourth-order valence-electron chi connectivity index (χ4n) is 4.68. The number of nitrogens with zero attached hydrogens (tertiary/aromatic N) is 3. The summed E-state index contributed by atoms with van der Waals surface area (Å²) in [7, 11) is 1.78. The molecule has 1 atom stereocenters. The SMILES string of the molecule is Cc1ccc([C@H](C)CCN2CCC3(CC2)C(=O)N(Cc2ccccc2)C(=O)N3C)o1. The van der Waals surface area contributed by atoms with Crippen LogP contribution >= 0.6 is 0 Å². The molecule has 0 saturated carbocycles. The molecule has 2 aliphatic heterocycles. The Morgan fingerprint density at radius 2 is 1.77 bits per heavy atom. The van der Waals surface area contributed by atoms with Crippen molar-refractivity contribution in [2.24, 2.45) is 0 Å². The second kappa shape index (κ2) is 8.26. The van der Waals surface area contributed by atoms with Gasteiger partial charge in [-0.1, -0.05) is 37.3 Å². The predicted molar refractivity (Wildman–Crippen MR) is 115 cm³/mol. The molecular formula is C24H31N3O3. The van der Waals surface area contributed by atoms with Crippen LogP contribution in [0.5, 0.6) is 0 Å². The number of amides is 3. The standard InChI is InChI=1S/C24H31N3O3/c1-18(21-10-9-19(2)30-21)11-14-26-15-12-24(13-16-26)22(28)27(23(29)25(24)3)17-20-7-5-4-6-8-20/h4-10,18H,11-17H2,1-3H3/t18-/m1/s1. The van der Waals surface area contributed by atoms with E-state index in [0.29, 0.717) is 25.3 Å². The Morgan fingerprint density at radius 3 is 2.40 bits per heavy atom. The van der Waals surface area contributed by atoms with E-state index in [1.165, 1.54) is 4.90 Å². The molecule has 0 bridgehead atoms. The van der Waals surface area contributed by atoms with Crippen molar-refractivity contribution < 1.29 is 14.0 Å². The fraction of sp³-hybridized carbons (Fsp3) is 0.500. The Kier molecular flexibility index (Phi) is 5.69. The van der Waals surface area contributed by atoms with Crippen LogP contribution in [0.25, 0.3) is 0 Å². The van der Waals surface area contributed by atoms with Crippen LogP contribution in [-0.2, 0) is 11.3 Å². The Labute approximate surface area is 178 Å². The summed E-state index contributed by atoms with van der Waals surface area (Å²) in [5, 5.41) is 0. The van der Waals surface area contributed by atoms with Gasteiger partial charge in [-0.05, 0) is 50.4 Å². The second-order valence-electron chi connectivity index (χ2n) is 8.73. The van der Waals surface area contributed by atoms with E-state index in [1.807, 2.05) is 43.3 Å². The molecule has 1 aromatic heterocycles. The molecule has 3 amide bonds. The maximum atomic E-state index is 13.3. The summed E-state index contributed by atoms with van der Waals surface area (Å²) in [5.74, 6) is 2.31. The van der Waals surface area contributed by atoms with Gasteiger partial charge in [-0.25, -0.2) is 4.79 Å². The molecule has 2 saturated heterocycles. The molecule has 6 nitrogen and oxygen atoms in total. The third-order valence-corrected chi connectivity index (χ3v) is 6.80. The third kappa shape index (κ3) is 3.76. The summed E-state index contributed by atoms with van der Waals surface area (Å²) in [5.41, 5.74) is 0.288. The summed E-state index contributed by atoms with van der Waals surface area (Å²) in [6, 6.07) is 13.6. The highest BCUT2D eigenvalue weighted by Gasteiger charge is 2.56. The van der Waals surface area contributed by atoms with Crippen LogP contribution in [0.4, 0.5) is 4.79 Å². The van der Waals surface area contributed by atoms with Crippen molar-refractivity contribution >= 4 is 11.9 Å². The molecule has 2 aromatic rings. The van der Waals surface area contributed by atoms with Gasteiger partial charge in [0.15, 0.2) is 0 Å². The number of likely N-dealkylation sites (tertiary alicyclic amines) is 1. The number of urea groups is 1. The zero-order chi connectivity index (χ0) is 21.3. The van der Waals surface area contributed by atoms with Crippen molar-refractivity contribution in [3.05, 3.63) is 59.5 Å². The molecule has 1 spiro atoms. The van der Waals surface area contributed by atoms with E-state index in [1.54, 1.807) is 11.9 Å². The molecule has 0 unspecified atom stereocenters. The minimum absolute atomic E-state index is 0.0436. The van der Waals surface area contributed by atoms with Crippen LogP contribution in [0.2, 0.25) is 0 Å². The number of carbonyl (C=O) groups excluding carboxylic acids is 2. The van der Waals surface area contributed by atoms with E-state index in [0.717, 1.165) is 43.1 Å². The lowest BCUT2D eigenvalue weighted by Gasteiger charge is -2.41. The highest BCUT2D eigenvalue weighted by molar-refractivity contribution is 6.06. The first-order valence-electron chi connectivity index (χ1n) is 10.8. The molecule has 2 fully saturated rings. The fourth-order valence-corrected chi connectivity index (χ4v) is 4.68.